The topological polar surface area (TPSA) is 85.1 Å². The number of nitrogens with two attached hydrogens (primary N) is 1. The van der Waals surface area contributed by atoms with Crippen molar-refractivity contribution >= 4 is 11.6 Å². The first-order chi connectivity index (χ1) is 8.26. The molecule has 6 nitrogen and oxygen atoms in total. The van der Waals surface area contributed by atoms with Gasteiger partial charge in [0.1, 0.15) is 17.5 Å². The van der Waals surface area contributed by atoms with Crippen LogP contribution in [0.25, 0.3) is 0 Å². The third kappa shape index (κ3) is 5.46. The number of nitrogens with one attached hydrogen (secondary N) is 2. The molecular weight excluding hydrogens is 218 g/mol. The molecule has 1 rings (SSSR count). The molecule has 0 aliphatic rings. The standard InChI is InChI=1S/C11H21N5O/c1-9-15-10(13-5-3-4-12)8-11(16-9)14-6-7-17-2/h8H,3-7,12H2,1-2H3,(H2,13,14,15,16). The fourth-order valence-electron chi connectivity index (χ4n) is 1.35. The summed E-state index contributed by atoms with van der Waals surface area (Å²) in [5, 5.41) is 6.39. The number of aryl methyl sites for hydroxylation is 1. The van der Waals surface area contributed by atoms with Crippen LogP contribution in [-0.2, 0) is 4.74 Å². The summed E-state index contributed by atoms with van der Waals surface area (Å²) in [5.41, 5.74) is 5.43. The van der Waals surface area contributed by atoms with E-state index in [1.54, 1.807) is 7.11 Å². The average Bonchev–Trinajstić information content (AvgIpc) is 2.29. The van der Waals surface area contributed by atoms with Crippen LogP contribution in [0.3, 0.4) is 0 Å². The highest BCUT2D eigenvalue weighted by molar-refractivity contribution is 5.47. The minimum atomic E-state index is 0.652. The van der Waals surface area contributed by atoms with Crippen molar-refractivity contribution in [3.63, 3.8) is 0 Å². The number of methoxy groups -OCH3 is 1. The molecule has 0 aliphatic carbocycles. The highest BCUT2D eigenvalue weighted by Crippen LogP contribution is 2.10. The van der Waals surface area contributed by atoms with Crippen LogP contribution >= 0.6 is 0 Å². The molecule has 0 bridgehead atoms. The van der Waals surface area contributed by atoms with E-state index in [9.17, 15) is 0 Å². The van der Waals surface area contributed by atoms with Crippen LogP contribution in [0.1, 0.15) is 12.2 Å². The molecule has 0 aromatic carbocycles. The van der Waals surface area contributed by atoms with Gasteiger partial charge in [-0.25, -0.2) is 9.97 Å². The lowest BCUT2D eigenvalue weighted by atomic mass is 10.4. The maximum absolute atomic E-state index is 5.43. The lowest BCUT2D eigenvalue weighted by Gasteiger charge is -2.09. The molecule has 1 aromatic heterocycles. The first kappa shape index (κ1) is 13.7. The minimum Gasteiger partial charge on any atom is -0.383 e. The van der Waals surface area contributed by atoms with E-state index in [-0.39, 0.29) is 0 Å². The van der Waals surface area contributed by atoms with E-state index < -0.39 is 0 Å². The molecular formula is C11H21N5O. The van der Waals surface area contributed by atoms with Gasteiger partial charge in [-0.3, -0.25) is 0 Å². The lowest BCUT2D eigenvalue weighted by molar-refractivity contribution is 0.210. The Balaban J connectivity index is 2.53. The van der Waals surface area contributed by atoms with Crippen molar-refractivity contribution in [2.75, 3.05) is 44.0 Å². The molecule has 0 spiro atoms. The van der Waals surface area contributed by atoms with E-state index in [0.717, 1.165) is 37.0 Å². The van der Waals surface area contributed by atoms with Gasteiger partial charge in [-0.15, -0.1) is 0 Å². The summed E-state index contributed by atoms with van der Waals surface area (Å²) >= 11 is 0. The van der Waals surface area contributed by atoms with E-state index in [1.807, 2.05) is 13.0 Å². The molecule has 0 amide bonds. The lowest BCUT2D eigenvalue weighted by Crippen LogP contribution is -2.12. The average molecular weight is 239 g/mol. The highest BCUT2D eigenvalue weighted by Gasteiger charge is 2.00. The van der Waals surface area contributed by atoms with Crippen LogP contribution in [0, 0.1) is 6.92 Å². The summed E-state index contributed by atoms with van der Waals surface area (Å²) in [6.45, 7) is 4.75. The quantitative estimate of drug-likeness (QED) is 0.576. The van der Waals surface area contributed by atoms with Crippen LogP contribution in [0.4, 0.5) is 11.6 Å². The zero-order chi connectivity index (χ0) is 12.5. The molecule has 1 heterocycles. The maximum Gasteiger partial charge on any atom is 0.131 e. The third-order valence-corrected chi connectivity index (χ3v) is 2.14. The van der Waals surface area contributed by atoms with Gasteiger partial charge in [-0.2, -0.15) is 0 Å². The number of rotatable bonds is 8. The third-order valence-electron chi connectivity index (χ3n) is 2.14. The molecule has 0 aliphatic heterocycles. The van der Waals surface area contributed by atoms with E-state index >= 15 is 0 Å². The highest BCUT2D eigenvalue weighted by atomic mass is 16.5. The van der Waals surface area contributed by atoms with Gasteiger partial charge >= 0.3 is 0 Å². The monoisotopic (exact) mass is 239 g/mol. The van der Waals surface area contributed by atoms with E-state index in [1.165, 1.54) is 0 Å². The first-order valence-corrected chi connectivity index (χ1v) is 5.78. The summed E-state index contributed by atoms with van der Waals surface area (Å²) in [4.78, 5) is 8.59. The molecule has 1 aromatic rings. The SMILES string of the molecule is COCCNc1cc(NCCCN)nc(C)n1. The summed E-state index contributed by atoms with van der Waals surface area (Å²) in [6, 6.07) is 1.89. The summed E-state index contributed by atoms with van der Waals surface area (Å²) in [5.74, 6) is 2.37. The van der Waals surface area contributed by atoms with Crippen LogP contribution in [0.15, 0.2) is 6.07 Å². The van der Waals surface area contributed by atoms with Gasteiger partial charge in [0.25, 0.3) is 0 Å². The van der Waals surface area contributed by atoms with Gasteiger partial charge in [0.05, 0.1) is 6.61 Å². The zero-order valence-electron chi connectivity index (χ0n) is 10.5. The molecule has 0 fully saturated rings. The number of hydrogen-bond acceptors (Lipinski definition) is 6. The van der Waals surface area contributed by atoms with Crippen molar-refractivity contribution in [3.05, 3.63) is 11.9 Å². The Morgan fingerprint density at radius 1 is 1.24 bits per heavy atom. The number of ether oxygens (including phenoxy) is 1. The molecule has 17 heavy (non-hydrogen) atoms. The minimum absolute atomic E-state index is 0.652. The zero-order valence-corrected chi connectivity index (χ0v) is 10.5. The Kier molecular flexibility index (Phi) is 6.27. The maximum atomic E-state index is 5.43. The smallest absolute Gasteiger partial charge is 0.131 e. The largest absolute Gasteiger partial charge is 0.383 e. The second-order valence-corrected chi connectivity index (χ2v) is 3.67. The Hall–Kier alpha value is -1.40. The summed E-state index contributed by atoms with van der Waals surface area (Å²) < 4.78 is 4.97. The second-order valence-electron chi connectivity index (χ2n) is 3.67. The summed E-state index contributed by atoms with van der Waals surface area (Å²) in [6.07, 6.45) is 0.926. The predicted octanol–water partition coefficient (Wildman–Crippen LogP) is 0.604. The van der Waals surface area contributed by atoms with Gasteiger partial charge in [0, 0.05) is 26.3 Å². The van der Waals surface area contributed by atoms with Gasteiger partial charge in [-0.05, 0) is 19.9 Å². The summed E-state index contributed by atoms with van der Waals surface area (Å²) in [7, 11) is 1.67. The number of nitrogens with zero attached hydrogens (tertiary/aromatic N) is 2. The fourth-order valence-corrected chi connectivity index (χ4v) is 1.35. The van der Waals surface area contributed by atoms with Gasteiger partial charge in [0.2, 0.25) is 0 Å². The van der Waals surface area contributed by atoms with Gasteiger partial charge in [-0.1, -0.05) is 0 Å². The van der Waals surface area contributed by atoms with Gasteiger partial charge < -0.3 is 21.1 Å². The second kappa shape index (κ2) is 7.81. The van der Waals surface area contributed by atoms with Crippen molar-refractivity contribution in [1.82, 2.24) is 9.97 Å². The Morgan fingerprint density at radius 2 is 1.88 bits per heavy atom. The first-order valence-electron chi connectivity index (χ1n) is 5.78. The normalized spacial score (nSPS) is 10.3. The molecule has 4 N–H and O–H groups in total. The molecule has 0 radical (unpaired) electrons. The van der Waals surface area contributed by atoms with Crippen molar-refractivity contribution in [2.45, 2.75) is 13.3 Å². The number of anilines is 2. The Labute approximate surface area is 102 Å². The van der Waals surface area contributed by atoms with Crippen molar-refractivity contribution in [1.29, 1.82) is 0 Å². The molecule has 0 unspecified atom stereocenters. The van der Waals surface area contributed by atoms with Crippen molar-refractivity contribution in [2.24, 2.45) is 5.73 Å². The van der Waals surface area contributed by atoms with Crippen LogP contribution in [-0.4, -0.2) is 43.3 Å². The molecule has 0 atom stereocenters. The molecule has 96 valence electrons. The molecule has 0 saturated carbocycles. The Bertz CT molecular complexity index is 303. The van der Waals surface area contributed by atoms with E-state index in [0.29, 0.717) is 13.2 Å². The van der Waals surface area contributed by atoms with Gasteiger partial charge in [0.15, 0.2) is 0 Å². The number of hydrogen-bond donors (Lipinski definition) is 3. The Morgan fingerprint density at radius 3 is 2.47 bits per heavy atom. The van der Waals surface area contributed by atoms with Crippen molar-refractivity contribution in [3.8, 4) is 0 Å². The predicted molar refractivity (Wildman–Crippen MR) is 69.3 cm³/mol. The van der Waals surface area contributed by atoms with Crippen LogP contribution in [0.5, 0.6) is 0 Å². The van der Waals surface area contributed by atoms with Crippen LogP contribution in [0.2, 0.25) is 0 Å². The fraction of sp³-hybridized carbons (Fsp3) is 0.636. The molecule has 0 saturated heterocycles. The van der Waals surface area contributed by atoms with Crippen molar-refractivity contribution < 1.29 is 4.74 Å². The number of aromatic nitrogens is 2. The van der Waals surface area contributed by atoms with E-state index in [2.05, 4.69) is 20.6 Å². The van der Waals surface area contributed by atoms with Crippen LogP contribution < -0.4 is 16.4 Å². The van der Waals surface area contributed by atoms with E-state index in [4.69, 9.17) is 10.5 Å². The molecule has 6 heteroatoms.